The van der Waals surface area contributed by atoms with Crippen LogP contribution in [0.4, 0.5) is 0 Å². The Morgan fingerprint density at radius 3 is 2.72 bits per heavy atom. The van der Waals surface area contributed by atoms with E-state index in [1.54, 1.807) is 0 Å². The lowest BCUT2D eigenvalue weighted by Crippen LogP contribution is -2.49. The topological polar surface area (TPSA) is 46.3 Å². The zero-order valence-corrected chi connectivity index (χ0v) is 11.1. The van der Waals surface area contributed by atoms with E-state index in [9.17, 15) is 4.79 Å². The average molecular weight is 267 g/mol. The molecule has 1 aromatic rings. The highest BCUT2D eigenvalue weighted by Gasteiger charge is 2.29. The molecule has 1 aromatic carbocycles. The van der Waals surface area contributed by atoms with E-state index < -0.39 is 0 Å². The molecule has 1 aliphatic rings. The van der Waals surface area contributed by atoms with Crippen molar-refractivity contribution in [3.63, 3.8) is 0 Å². The van der Waals surface area contributed by atoms with Crippen LogP contribution in [0.2, 0.25) is 0 Å². The maximum atomic E-state index is 11.8. The second-order valence-electron chi connectivity index (χ2n) is 4.75. The molecule has 1 aliphatic heterocycles. The molecule has 1 fully saturated rings. The Hall–Kier alpha value is -1.06. The first-order chi connectivity index (χ1) is 8.72. The van der Waals surface area contributed by atoms with E-state index in [0.717, 1.165) is 13.0 Å². The minimum atomic E-state index is 0.0143. The van der Waals surface area contributed by atoms with Gasteiger partial charge in [-0.3, -0.25) is 4.79 Å². The average Bonchev–Trinajstić information content (AvgIpc) is 2.40. The smallest absolute Gasteiger partial charge is 0.223 e. The molecule has 1 saturated heterocycles. The Morgan fingerprint density at radius 1 is 1.39 bits per heavy atom. The number of hydrogen-bond acceptors (Lipinski definition) is 2. The first kappa shape index (κ1) is 13.4. The van der Waals surface area contributed by atoms with E-state index >= 15 is 0 Å². The minimum Gasteiger partial charge on any atom is -0.341 e. The molecule has 0 aliphatic carbocycles. The summed E-state index contributed by atoms with van der Waals surface area (Å²) in [6, 6.07) is 10.3. The number of alkyl halides is 1. The molecular weight excluding hydrogens is 248 g/mol. The van der Waals surface area contributed by atoms with Gasteiger partial charge in [0.25, 0.3) is 0 Å². The van der Waals surface area contributed by atoms with Gasteiger partial charge in [-0.15, -0.1) is 11.6 Å². The summed E-state index contributed by atoms with van der Waals surface area (Å²) < 4.78 is 0. The van der Waals surface area contributed by atoms with Crippen molar-refractivity contribution in [2.24, 2.45) is 5.73 Å². The number of hydrogen-bond donors (Lipinski definition) is 1. The van der Waals surface area contributed by atoms with Gasteiger partial charge in [-0.1, -0.05) is 30.3 Å². The van der Waals surface area contributed by atoms with E-state index in [1.807, 2.05) is 23.1 Å². The van der Waals surface area contributed by atoms with Crippen molar-refractivity contribution in [3.8, 4) is 0 Å². The number of piperidine rings is 1. The molecule has 1 amide bonds. The molecule has 2 atom stereocenters. The summed E-state index contributed by atoms with van der Waals surface area (Å²) in [7, 11) is 0. The van der Waals surface area contributed by atoms with Crippen LogP contribution in [0.5, 0.6) is 0 Å². The molecule has 0 spiro atoms. The quantitative estimate of drug-likeness (QED) is 0.850. The highest BCUT2D eigenvalue weighted by atomic mass is 35.5. The normalized spacial score (nSPS) is 24.0. The van der Waals surface area contributed by atoms with E-state index in [0.29, 0.717) is 24.8 Å². The van der Waals surface area contributed by atoms with Gasteiger partial charge in [-0.2, -0.15) is 0 Å². The Balaban J connectivity index is 1.99. The zero-order chi connectivity index (χ0) is 13.0. The van der Waals surface area contributed by atoms with Crippen LogP contribution >= 0.6 is 11.6 Å². The van der Waals surface area contributed by atoms with E-state index in [-0.39, 0.29) is 11.9 Å². The molecule has 18 heavy (non-hydrogen) atoms. The summed E-state index contributed by atoms with van der Waals surface area (Å²) in [6.07, 6.45) is 1.34. The first-order valence-corrected chi connectivity index (χ1v) is 6.90. The fourth-order valence-corrected chi connectivity index (χ4v) is 2.72. The third kappa shape index (κ3) is 3.03. The van der Waals surface area contributed by atoms with Gasteiger partial charge in [-0.05, 0) is 12.0 Å². The molecule has 1 heterocycles. The predicted octanol–water partition coefficient (Wildman–Crippen LogP) is 1.96. The van der Waals surface area contributed by atoms with Crippen molar-refractivity contribution < 1.29 is 4.79 Å². The van der Waals surface area contributed by atoms with Gasteiger partial charge < -0.3 is 10.6 Å². The van der Waals surface area contributed by atoms with Gasteiger partial charge in [-0.25, -0.2) is 0 Å². The van der Waals surface area contributed by atoms with Gasteiger partial charge in [0.2, 0.25) is 5.91 Å². The van der Waals surface area contributed by atoms with Crippen molar-refractivity contribution in [2.45, 2.75) is 24.8 Å². The van der Waals surface area contributed by atoms with Crippen LogP contribution in [0, 0.1) is 0 Å². The molecule has 2 unspecified atom stereocenters. The lowest BCUT2D eigenvalue weighted by Gasteiger charge is -2.37. The van der Waals surface area contributed by atoms with E-state index in [4.69, 9.17) is 17.3 Å². The third-order valence-corrected chi connectivity index (χ3v) is 3.74. The van der Waals surface area contributed by atoms with Crippen molar-refractivity contribution in [2.75, 3.05) is 19.0 Å². The Bertz CT molecular complexity index is 396. The monoisotopic (exact) mass is 266 g/mol. The SMILES string of the molecule is NC1CN(C(=O)CCCl)CCC1c1ccccc1. The second kappa shape index (κ2) is 6.21. The molecule has 2 rings (SSSR count). The van der Waals surface area contributed by atoms with Gasteiger partial charge in [0.1, 0.15) is 0 Å². The van der Waals surface area contributed by atoms with Crippen molar-refractivity contribution in [3.05, 3.63) is 35.9 Å². The van der Waals surface area contributed by atoms with Crippen LogP contribution in [0.1, 0.15) is 24.3 Å². The van der Waals surface area contributed by atoms with Crippen molar-refractivity contribution in [1.82, 2.24) is 4.90 Å². The number of rotatable bonds is 3. The first-order valence-electron chi connectivity index (χ1n) is 6.36. The van der Waals surface area contributed by atoms with Gasteiger partial charge in [0, 0.05) is 37.4 Å². The fourth-order valence-electron chi connectivity index (χ4n) is 2.56. The fraction of sp³-hybridized carbons (Fsp3) is 0.500. The number of carbonyl (C=O) groups excluding carboxylic acids is 1. The molecule has 2 N–H and O–H groups in total. The molecule has 4 heteroatoms. The van der Waals surface area contributed by atoms with Gasteiger partial charge in [0.05, 0.1) is 0 Å². The van der Waals surface area contributed by atoms with Crippen molar-refractivity contribution >= 4 is 17.5 Å². The lowest BCUT2D eigenvalue weighted by atomic mass is 9.86. The maximum absolute atomic E-state index is 11.8. The molecule has 0 saturated carbocycles. The van der Waals surface area contributed by atoms with Gasteiger partial charge in [0.15, 0.2) is 0 Å². The molecule has 0 radical (unpaired) electrons. The van der Waals surface area contributed by atoms with Gasteiger partial charge >= 0.3 is 0 Å². The molecule has 0 bridgehead atoms. The lowest BCUT2D eigenvalue weighted by molar-refractivity contribution is -0.132. The standard InChI is InChI=1S/C14H19ClN2O/c15-8-6-14(18)17-9-7-12(13(16)10-17)11-4-2-1-3-5-11/h1-5,12-13H,6-10,16H2. The maximum Gasteiger partial charge on any atom is 0.223 e. The molecule has 3 nitrogen and oxygen atoms in total. The Morgan fingerprint density at radius 2 is 2.11 bits per heavy atom. The van der Waals surface area contributed by atoms with Crippen LogP contribution in [0.3, 0.4) is 0 Å². The van der Waals surface area contributed by atoms with Crippen molar-refractivity contribution in [1.29, 1.82) is 0 Å². The zero-order valence-electron chi connectivity index (χ0n) is 10.4. The van der Waals surface area contributed by atoms with Crippen LogP contribution in [0.15, 0.2) is 30.3 Å². The predicted molar refractivity (Wildman–Crippen MR) is 73.7 cm³/mol. The summed E-state index contributed by atoms with van der Waals surface area (Å²) in [5.41, 5.74) is 7.48. The number of benzene rings is 1. The Labute approximate surface area is 113 Å². The highest BCUT2D eigenvalue weighted by molar-refractivity contribution is 6.18. The highest BCUT2D eigenvalue weighted by Crippen LogP contribution is 2.27. The number of likely N-dealkylation sites (tertiary alicyclic amines) is 1. The Kier molecular flexibility index (Phi) is 4.61. The summed E-state index contributed by atoms with van der Waals surface area (Å²) in [4.78, 5) is 13.6. The van der Waals surface area contributed by atoms with E-state index in [1.165, 1.54) is 5.56 Å². The van der Waals surface area contributed by atoms with Crippen LogP contribution in [-0.4, -0.2) is 35.8 Å². The molecule has 98 valence electrons. The number of nitrogens with two attached hydrogens (primary N) is 1. The molecule has 0 aromatic heterocycles. The second-order valence-corrected chi connectivity index (χ2v) is 5.13. The summed E-state index contributed by atoms with van der Waals surface area (Å²) in [5, 5.41) is 0. The van der Waals surface area contributed by atoms with Crippen LogP contribution < -0.4 is 5.73 Å². The van der Waals surface area contributed by atoms with Crippen LogP contribution in [0.25, 0.3) is 0 Å². The summed E-state index contributed by atoms with van der Waals surface area (Å²) >= 11 is 5.60. The number of carbonyl (C=O) groups is 1. The number of amides is 1. The van der Waals surface area contributed by atoms with E-state index in [2.05, 4.69) is 12.1 Å². The number of nitrogens with zero attached hydrogens (tertiary/aromatic N) is 1. The van der Waals surface area contributed by atoms with Crippen LogP contribution in [-0.2, 0) is 4.79 Å². The minimum absolute atomic E-state index is 0.0143. The molecular formula is C14H19ClN2O. The summed E-state index contributed by atoms with van der Waals surface area (Å²) in [6.45, 7) is 1.41. The third-order valence-electron chi connectivity index (χ3n) is 3.55. The largest absolute Gasteiger partial charge is 0.341 e. The summed E-state index contributed by atoms with van der Waals surface area (Å²) in [5.74, 6) is 0.852. The number of halogens is 1.